The van der Waals surface area contributed by atoms with Gasteiger partial charge >= 0.3 is 0 Å². The van der Waals surface area contributed by atoms with E-state index in [1.165, 1.54) is 31.7 Å². The standard InChI is InChI=1S/C18H24FNO/c1-11(17-7-12-2-3-13(17)6-12)20-10-16-9-14-8-15(19)4-5-18(14)21-16/h4-5,8,11-13,16-17,20H,2-3,6-7,9-10H2,1H3. The molecular weight excluding hydrogens is 265 g/mol. The highest BCUT2D eigenvalue weighted by molar-refractivity contribution is 5.37. The van der Waals surface area contributed by atoms with Crippen LogP contribution in [0.15, 0.2) is 18.2 Å². The molecule has 1 heterocycles. The molecule has 1 aromatic rings. The molecule has 0 amide bonds. The van der Waals surface area contributed by atoms with E-state index >= 15 is 0 Å². The van der Waals surface area contributed by atoms with Crippen molar-refractivity contribution in [1.82, 2.24) is 5.32 Å². The zero-order chi connectivity index (χ0) is 14.4. The minimum atomic E-state index is -0.165. The molecule has 21 heavy (non-hydrogen) atoms. The Morgan fingerprint density at radius 2 is 2.24 bits per heavy atom. The van der Waals surface area contributed by atoms with E-state index in [4.69, 9.17) is 4.74 Å². The van der Waals surface area contributed by atoms with Crippen LogP contribution < -0.4 is 10.1 Å². The second kappa shape index (κ2) is 5.28. The van der Waals surface area contributed by atoms with Crippen molar-refractivity contribution < 1.29 is 9.13 Å². The van der Waals surface area contributed by atoms with E-state index in [1.807, 2.05) is 0 Å². The number of hydrogen-bond acceptors (Lipinski definition) is 2. The number of halogens is 1. The van der Waals surface area contributed by atoms with E-state index in [0.29, 0.717) is 6.04 Å². The summed E-state index contributed by atoms with van der Waals surface area (Å²) in [6.45, 7) is 3.19. The van der Waals surface area contributed by atoms with Crippen molar-refractivity contribution in [2.24, 2.45) is 17.8 Å². The third-order valence-electron chi connectivity index (χ3n) is 5.87. The highest BCUT2D eigenvalue weighted by Crippen LogP contribution is 2.49. The van der Waals surface area contributed by atoms with Crippen molar-refractivity contribution in [2.75, 3.05) is 6.54 Å². The second-order valence-corrected chi connectivity index (χ2v) is 7.23. The monoisotopic (exact) mass is 289 g/mol. The summed E-state index contributed by atoms with van der Waals surface area (Å²) in [4.78, 5) is 0. The Bertz CT molecular complexity index is 532. The molecule has 2 aliphatic carbocycles. The first-order valence-corrected chi connectivity index (χ1v) is 8.37. The number of benzene rings is 1. The molecule has 5 unspecified atom stereocenters. The Kier molecular flexibility index (Phi) is 3.41. The Balaban J connectivity index is 1.30. The molecular formula is C18H24FNO. The zero-order valence-electron chi connectivity index (χ0n) is 12.6. The fourth-order valence-electron chi connectivity index (χ4n) is 4.78. The van der Waals surface area contributed by atoms with Crippen LogP contribution >= 0.6 is 0 Å². The van der Waals surface area contributed by atoms with Gasteiger partial charge in [0.1, 0.15) is 17.7 Å². The highest BCUT2D eigenvalue weighted by atomic mass is 19.1. The molecule has 2 nitrogen and oxygen atoms in total. The van der Waals surface area contributed by atoms with Crippen LogP contribution in [-0.4, -0.2) is 18.7 Å². The summed E-state index contributed by atoms with van der Waals surface area (Å²) in [5.41, 5.74) is 1.01. The molecule has 1 aromatic carbocycles. The van der Waals surface area contributed by atoms with Crippen LogP contribution in [0.4, 0.5) is 4.39 Å². The quantitative estimate of drug-likeness (QED) is 0.915. The molecule has 5 atom stereocenters. The molecule has 1 aliphatic heterocycles. The van der Waals surface area contributed by atoms with Crippen LogP contribution in [0.25, 0.3) is 0 Å². The van der Waals surface area contributed by atoms with Gasteiger partial charge in [0.05, 0.1) is 0 Å². The largest absolute Gasteiger partial charge is 0.488 e. The predicted molar refractivity (Wildman–Crippen MR) is 80.9 cm³/mol. The van der Waals surface area contributed by atoms with E-state index in [1.54, 1.807) is 12.1 Å². The van der Waals surface area contributed by atoms with Crippen molar-refractivity contribution >= 4 is 0 Å². The van der Waals surface area contributed by atoms with Crippen LogP contribution in [0.1, 0.15) is 38.2 Å². The van der Waals surface area contributed by atoms with Crippen LogP contribution in [-0.2, 0) is 6.42 Å². The predicted octanol–water partition coefficient (Wildman–Crippen LogP) is 3.54. The smallest absolute Gasteiger partial charge is 0.123 e. The third kappa shape index (κ3) is 2.57. The molecule has 0 radical (unpaired) electrons. The first-order valence-electron chi connectivity index (χ1n) is 8.37. The lowest BCUT2D eigenvalue weighted by atomic mass is 9.84. The molecule has 3 heteroatoms. The van der Waals surface area contributed by atoms with Gasteiger partial charge in [-0.1, -0.05) is 6.42 Å². The van der Waals surface area contributed by atoms with Gasteiger partial charge in [0.2, 0.25) is 0 Å². The zero-order valence-corrected chi connectivity index (χ0v) is 12.6. The van der Waals surface area contributed by atoms with Gasteiger partial charge in [-0.15, -0.1) is 0 Å². The van der Waals surface area contributed by atoms with Crippen molar-refractivity contribution in [3.05, 3.63) is 29.6 Å². The molecule has 2 bridgehead atoms. The molecule has 1 N–H and O–H groups in total. The first-order chi connectivity index (χ1) is 10.2. The van der Waals surface area contributed by atoms with E-state index in [0.717, 1.165) is 42.0 Å². The summed E-state index contributed by atoms with van der Waals surface area (Å²) in [6, 6.07) is 5.41. The van der Waals surface area contributed by atoms with Crippen LogP contribution in [0, 0.1) is 23.6 Å². The van der Waals surface area contributed by atoms with Gasteiger partial charge in [-0.2, -0.15) is 0 Å². The number of fused-ring (bicyclic) bond motifs is 3. The summed E-state index contributed by atoms with van der Waals surface area (Å²) in [5, 5.41) is 3.68. The molecule has 2 saturated carbocycles. The summed E-state index contributed by atoms with van der Waals surface area (Å²) in [7, 11) is 0. The number of ether oxygens (including phenoxy) is 1. The van der Waals surface area contributed by atoms with Gasteiger partial charge in [0.25, 0.3) is 0 Å². The molecule has 0 saturated heterocycles. The molecule has 114 valence electrons. The highest BCUT2D eigenvalue weighted by Gasteiger charge is 2.41. The van der Waals surface area contributed by atoms with E-state index in [-0.39, 0.29) is 11.9 Å². The second-order valence-electron chi connectivity index (χ2n) is 7.23. The van der Waals surface area contributed by atoms with Crippen molar-refractivity contribution in [1.29, 1.82) is 0 Å². The van der Waals surface area contributed by atoms with Crippen molar-refractivity contribution in [3.63, 3.8) is 0 Å². The summed E-state index contributed by atoms with van der Waals surface area (Å²) >= 11 is 0. The fraction of sp³-hybridized carbons (Fsp3) is 0.667. The van der Waals surface area contributed by atoms with Gasteiger partial charge < -0.3 is 10.1 Å². The lowest BCUT2D eigenvalue weighted by molar-refractivity contribution is 0.199. The third-order valence-corrected chi connectivity index (χ3v) is 5.87. The van der Waals surface area contributed by atoms with Crippen molar-refractivity contribution in [2.45, 2.75) is 51.2 Å². The van der Waals surface area contributed by atoms with Crippen LogP contribution in [0.2, 0.25) is 0 Å². The minimum Gasteiger partial charge on any atom is -0.488 e. The summed E-state index contributed by atoms with van der Waals surface area (Å²) in [5.74, 6) is 3.49. The molecule has 0 aromatic heterocycles. The van der Waals surface area contributed by atoms with Crippen LogP contribution in [0.5, 0.6) is 5.75 Å². The first kappa shape index (κ1) is 13.6. The normalized spacial score (nSPS) is 34.8. The maximum atomic E-state index is 13.2. The Morgan fingerprint density at radius 3 is 3.00 bits per heavy atom. The molecule has 4 rings (SSSR count). The van der Waals surface area contributed by atoms with Gasteiger partial charge in [-0.25, -0.2) is 4.39 Å². The number of nitrogens with one attached hydrogen (secondary N) is 1. The summed E-state index contributed by atoms with van der Waals surface area (Å²) in [6.07, 6.45) is 6.75. The molecule has 3 aliphatic rings. The lowest BCUT2D eigenvalue weighted by Crippen LogP contribution is -2.41. The number of rotatable bonds is 4. The van der Waals surface area contributed by atoms with E-state index in [9.17, 15) is 4.39 Å². The fourth-order valence-corrected chi connectivity index (χ4v) is 4.78. The van der Waals surface area contributed by atoms with Gasteiger partial charge in [-0.05, 0) is 62.1 Å². The maximum Gasteiger partial charge on any atom is 0.123 e. The van der Waals surface area contributed by atoms with Gasteiger partial charge in [0, 0.05) is 24.6 Å². The number of hydrogen-bond donors (Lipinski definition) is 1. The SMILES string of the molecule is CC(NCC1Cc2cc(F)ccc2O1)C1CC2CCC1C2. The lowest BCUT2D eigenvalue weighted by Gasteiger charge is -2.29. The molecule has 0 spiro atoms. The van der Waals surface area contributed by atoms with Gasteiger partial charge in [0.15, 0.2) is 0 Å². The Hall–Kier alpha value is -1.09. The average Bonchev–Trinajstić information content (AvgIpc) is 3.18. The maximum absolute atomic E-state index is 13.2. The Morgan fingerprint density at radius 1 is 1.33 bits per heavy atom. The average molecular weight is 289 g/mol. The van der Waals surface area contributed by atoms with Crippen LogP contribution in [0.3, 0.4) is 0 Å². The van der Waals surface area contributed by atoms with E-state index < -0.39 is 0 Å². The summed E-state index contributed by atoms with van der Waals surface area (Å²) < 4.78 is 19.1. The van der Waals surface area contributed by atoms with Crippen molar-refractivity contribution in [3.8, 4) is 5.75 Å². The van der Waals surface area contributed by atoms with Gasteiger partial charge in [-0.3, -0.25) is 0 Å². The molecule has 2 fully saturated rings. The van der Waals surface area contributed by atoms with E-state index in [2.05, 4.69) is 12.2 Å². The topological polar surface area (TPSA) is 21.3 Å². The Labute approximate surface area is 126 Å². The minimum absolute atomic E-state index is 0.155.